The van der Waals surface area contributed by atoms with Crippen LogP contribution in [0.4, 0.5) is 0 Å². The van der Waals surface area contributed by atoms with E-state index < -0.39 is 5.60 Å². The molecular weight excluding hydrogens is 386 g/mol. The van der Waals surface area contributed by atoms with Gasteiger partial charge in [-0.1, -0.05) is 12.1 Å². The van der Waals surface area contributed by atoms with Crippen molar-refractivity contribution in [1.82, 2.24) is 10.6 Å². The summed E-state index contributed by atoms with van der Waals surface area (Å²) >= 11 is 1.68. The highest BCUT2D eigenvalue weighted by atomic mass is 32.1. The monoisotopic (exact) mass is 413 g/mol. The second-order valence-corrected chi connectivity index (χ2v) is 7.83. The maximum atomic E-state index is 10.6. The minimum Gasteiger partial charge on any atom is -0.497 e. The number of guanidine groups is 1. The molecule has 0 saturated heterocycles. The van der Waals surface area contributed by atoms with Gasteiger partial charge in [-0.3, -0.25) is 0 Å². The van der Waals surface area contributed by atoms with Crippen molar-refractivity contribution in [3.63, 3.8) is 0 Å². The van der Waals surface area contributed by atoms with E-state index in [1.165, 1.54) is 5.56 Å². The molecular formula is C22H27N3O3S. The molecule has 0 spiro atoms. The van der Waals surface area contributed by atoms with E-state index in [4.69, 9.17) is 9.15 Å². The summed E-state index contributed by atoms with van der Waals surface area (Å²) in [5.41, 5.74) is 1.20. The highest BCUT2D eigenvalue weighted by Gasteiger charge is 2.26. The average Bonchev–Trinajstić information content (AvgIpc) is 3.43. The van der Waals surface area contributed by atoms with E-state index in [0.717, 1.165) is 22.7 Å². The summed E-state index contributed by atoms with van der Waals surface area (Å²) in [6.45, 7) is 5.29. The number of hydrogen-bond donors (Lipinski definition) is 3. The van der Waals surface area contributed by atoms with Crippen LogP contribution in [0.25, 0.3) is 11.1 Å². The number of aliphatic imine (C=N–C) groups is 1. The van der Waals surface area contributed by atoms with Crippen LogP contribution < -0.4 is 15.4 Å². The van der Waals surface area contributed by atoms with Crippen molar-refractivity contribution in [3.05, 3.63) is 64.7 Å². The molecule has 3 N–H and O–H groups in total. The first kappa shape index (κ1) is 21.0. The normalized spacial score (nSPS) is 13.7. The molecule has 0 fully saturated rings. The minimum absolute atomic E-state index is 0.286. The molecule has 29 heavy (non-hydrogen) atoms. The fraction of sp³-hybridized carbons (Fsp3) is 0.318. The number of benzene rings is 1. The van der Waals surface area contributed by atoms with Crippen molar-refractivity contribution in [2.75, 3.05) is 20.2 Å². The number of aliphatic hydroxyl groups is 1. The Morgan fingerprint density at radius 3 is 2.66 bits per heavy atom. The third-order valence-corrected chi connectivity index (χ3v) is 5.39. The van der Waals surface area contributed by atoms with Gasteiger partial charge in [-0.2, -0.15) is 0 Å². The van der Waals surface area contributed by atoms with Crippen LogP contribution in [0.15, 0.2) is 63.5 Å². The number of methoxy groups -OCH3 is 1. The first-order valence-corrected chi connectivity index (χ1v) is 10.4. The molecule has 1 atom stereocenters. The van der Waals surface area contributed by atoms with Crippen LogP contribution in [-0.2, 0) is 12.1 Å². The zero-order chi connectivity index (χ0) is 20.7. The first-order valence-electron chi connectivity index (χ1n) is 9.52. The predicted octanol–water partition coefficient (Wildman–Crippen LogP) is 3.98. The van der Waals surface area contributed by atoms with E-state index in [1.807, 2.05) is 19.1 Å². The van der Waals surface area contributed by atoms with Crippen LogP contribution >= 0.6 is 11.3 Å². The number of ether oxygens (including phenoxy) is 1. The Bertz CT molecular complexity index is 915. The van der Waals surface area contributed by atoms with Crippen molar-refractivity contribution >= 4 is 17.3 Å². The summed E-state index contributed by atoms with van der Waals surface area (Å²) in [5, 5.41) is 19.1. The Labute approximate surface area is 175 Å². The van der Waals surface area contributed by atoms with Gasteiger partial charge in [0.05, 0.1) is 26.5 Å². The summed E-state index contributed by atoms with van der Waals surface area (Å²) in [4.78, 5) is 5.80. The quantitative estimate of drug-likeness (QED) is 0.385. The Morgan fingerprint density at radius 2 is 2.00 bits per heavy atom. The Morgan fingerprint density at radius 1 is 1.21 bits per heavy atom. The lowest BCUT2D eigenvalue weighted by atomic mass is 10.0. The summed E-state index contributed by atoms with van der Waals surface area (Å²) in [6.07, 6.45) is 1.56. The van der Waals surface area contributed by atoms with Crippen LogP contribution in [0.5, 0.6) is 5.75 Å². The molecule has 2 aromatic heterocycles. The summed E-state index contributed by atoms with van der Waals surface area (Å²) < 4.78 is 10.5. The molecule has 154 valence electrons. The van der Waals surface area contributed by atoms with E-state index in [-0.39, 0.29) is 6.54 Å². The highest BCUT2D eigenvalue weighted by molar-refractivity contribution is 7.10. The molecule has 3 rings (SSSR count). The fourth-order valence-electron chi connectivity index (χ4n) is 2.83. The van der Waals surface area contributed by atoms with Gasteiger partial charge in [0.1, 0.15) is 17.1 Å². The largest absolute Gasteiger partial charge is 0.497 e. The maximum absolute atomic E-state index is 10.6. The Balaban J connectivity index is 1.63. The van der Waals surface area contributed by atoms with E-state index in [9.17, 15) is 5.11 Å². The van der Waals surface area contributed by atoms with Gasteiger partial charge in [0.2, 0.25) is 0 Å². The van der Waals surface area contributed by atoms with Gasteiger partial charge in [0.25, 0.3) is 0 Å². The highest BCUT2D eigenvalue weighted by Crippen LogP contribution is 2.27. The van der Waals surface area contributed by atoms with Crippen molar-refractivity contribution in [3.8, 4) is 16.9 Å². The van der Waals surface area contributed by atoms with Crippen LogP contribution in [0.3, 0.4) is 0 Å². The molecule has 0 bridgehead atoms. The maximum Gasteiger partial charge on any atom is 0.191 e. The lowest BCUT2D eigenvalue weighted by Crippen LogP contribution is -2.44. The molecule has 0 aliphatic rings. The lowest BCUT2D eigenvalue weighted by molar-refractivity contribution is 0.0386. The van der Waals surface area contributed by atoms with E-state index >= 15 is 0 Å². The predicted molar refractivity (Wildman–Crippen MR) is 117 cm³/mol. The third-order valence-electron chi connectivity index (χ3n) is 4.47. The van der Waals surface area contributed by atoms with E-state index in [0.29, 0.717) is 18.3 Å². The SMILES string of the molecule is CCNC(=NCc1cc(-c2ccc(OC)cc2)cs1)NCC(C)(O)c1ccco1. The molecule has 1 unspecified atom stereocenters. The van der Waals surface area contributed by atoms with Crippen molar-refractivity contribution in [2.24, 2.45) is 4.99 Å². The Hall–Kier alpha value is -2.77. The van der Waals surface area contributed by atoms with Gasteiger partial charge in [0, 0.05) is 11.4 Å². The standard InChI is InChI=1S/C22H27N3O3S/c1-4-23-21(25-15-22(2,26)20-6-5-11-28-20)24-13-19-12-17(14-29-19)16-7-9-18(27-3)10-8-16/h5-12,14,26H,4,13,15H2,1-3H3,(H2,23,24,25). The smallest absolute Gasteiger partial charge is 0.191 e. The van der Waals surface area contributed by atoms with E-state index in [2.05, 4.69) is 39.2 Å². The molecule has 0 aliphatic carbocycles. The minimum atomic E-state index is -1.12. The second-order valence-electron chi connectivity index (χ2n) is 6.83. The van der Waals surface area contributed by atoms with Gasteiger partial charge in [-0.15, -0.1) is 11.3 Å². The molecule has 0 radical (unpaired) electrons. The number of rotatable bonds is 8. The van der Waals surface area contributed by atoms with Crippen molar-refractivity contribution in [2.45, 2.75) is 26.0 Å². The van der Waals surface area contributed by atoms with Gasteiger partial charge in [-0.05, 0) is 60.7 Å². The molecule has 2 heterocycles. The zero-order valence-electron chi connectivity index (χ0n) is 16.9. The number of nitrogens with zero attached hydrogens (tertiary/aromatic N) is 1. The van der Waals surface area contributed by atoms with E-state index in [1.54, 1.807) is 43.8 Å². The molecule has 1 aromatic carbocycles. The number of hydrogen-bond acceptors (Lipinski definition) is 5. The van der Waals surface area contributed by atoms with Crippen molar-refractivity contribution < 1.29 is 14.3 Å². The summed E-state index contributed by atoms with van der Waals surface area (Å²) in [7, 11) is 1.67. The van der Waals surface area contributed by atoms with Gasteiger partial charge in [-0.25, -0.2) is 4.99 Å². The Kier molecular flexibility index (Phi) is 6.95. The van der Waals surface area contributed by atoms with Crippen LogP contribution in [0, 0.1) is 0 Å². The zero-order valence-corrected chi connectivity index (χ0v) is 17.8. The fourth-order valence-corrected chi connectivity index (χ4v) is 3.64. The lowest BCUT2D eigenvalue weighted by Gasteiger charge is -2.22. The molecule has 7 heteroatoms. The molecule has 0 amide bonds. The summed E-state index contributed by atoms with van der Waals surface area (Å²) in [6, 6.07) is 13.7. The molecule has 0 saturated carbocycles. The van der Waals surface area contributed by atoms with Crippen molar-refractivity contribution in [1.29, 1.82) is 0 Å². The molecule has 0 aliphatic heterocycles. The van der Waals surface area contributed by atoms with Crippen LogP contribution in [0.1, 0.15) is 24.5 Å². The summed E-state index contributed by atoms with van der Waals surface area (Å²) in [5.74, 6) is 2.02. The van der Waals surface area contributed by atoms with Crippen LogP contribution in [-0.4, -0.2) is 31.3 Å². The van der Waals surface area contributed by atoms with Gasteiger partial charge < -0.3 is 24.9 Å². The molecule has 6 nitrogen and oxygen atoms in total. The van der Waals surface area contributed by atoms with Crippen LogP contribution in [0.2, 0.25) is 0 Å². The third kappa shape index (κ3) is 5.62. The van der Waals surface area contributed by atoms with Gasteiger partial charge in [0.15, 0.2) is 5.96 Å². The number of thiophene rings is 1. The number of furan rings is 1. The second kappa shape index (κ2) is 9.62. The number of nitrogens with one attached hydrogen (secondary N) is 2. The first-order chi connectivity index (χ1) is 14.0. The van der Waals surface area contributed by atoms with Gasteiger partial charge >= 0.3 is 0 Å². The average molecular weight is 414 g/mol. The molecule has 3 aromatic rings. The topological polar surface area (TPSA) is 79.0 Å².